The molecule has 1 atom stereocenters. The zero-order valence-electron chi connectivity index (χ0n) is 23.8. The molecule has 1 amide bonds. The lowest BCUT2D eigenvalue weighted by Crippen LogP contribution is -2.43. The van der Waals surface area contributed by atoms with E-state index in [0.29, 0.717) is 11.1 Å². The first-order chi connectivity index (χ1) is 21.2. The van der Waals surface area contributed by atoms with Gasteiger partial charge in [0.1, 0.15) is 11.9 Å². The van der Waals surface area contributed by atoms with E-state index < -0.39 is 29.7 Å². The molecule has 0 bridgehead atoms. The van der Waals surface area contributed by atoms with Gasteiger partial charge in [-0.2, -0.15) is 0 Å². The molecular formula is C35H30F3N3O3. The number of nitrogens with one attached hydrogen (secondary N) is 1. The van der Waals surface area contributed by atoms with Gasteiger partial charge in [0.25, 0.3) is 11.8 Å². The number of carboxylic acids is 1. The van der Waals surface area contributed by atoms with Crippen LogP contribution >= 0.6 is 0 Å². The fraction of sp³-hybridized carbons (Fsp3) is 0.229. The van der Waals surface area contributed by atoms with Crippen LogP contribution in [0.25, 0.3) is 32.7 Å². The first-order valence-corrected chi connectivity index (χ1v) is 14.5. The van der Waals surface area contributed by atoms with E-state index in [-0.39, 0.29) is 44.5 Å². The molecule has 6 rings (SSSR count). The Bertz CT molecular complexity index is 1860. The maximum Gasteiger partial charge on any atom is 0.326 e. The summed E-state index contributed by atoms with van der Waals surface area (Å²) in [6.07, 6.45) is 2.90. The number of hydrogen-bond donors (Lipinski definition) is 2. The van der Waals surface area contributed by atoms with E-state index in [9.17, 15) is 23.5 Å². The number of nitrogens with zero attached hydrogens (tertiary/aromatic N) is 2. The molecule has 5 aromatic rings. The van der Waals surface area contributed by atoms with Crippen LogP contribution in [0.3, 0.4) is 0 Å². The molecule has 1 aliphatic rings. The number of aliphatic carboxylic acids is 1. The molecule has 4 aromatic carbocycles. The van der Waals surface area contributed by atoms with Gasteiger partial charge in [0.15, 0.2) is 0 Å². The van der Waals surface area contributed by atoms with Crippen molar-refractivity contribution in [3.63, 3.8) is 0 Å². The Balaban J connectivity index is 1.28. The van der Waals surface area contributed by atoms with E-state index in [2.05, 4.69) is 10.3 Å². The second-order valence-electron chi connectivity index (χ2n) is 11.2. The standard InChI is InChI=1S/C35H30F3N3O3/c36-30-12-3-7-24(21-41-17-14-35(37,38)15-18-41)32(30)33(42)40-31(34(43)44)19-23-6-2-9-26-25(23)8-4-11-27(26)28-10-1-5-22-13-16-39-20-29(22)28/h1-13,16,20,31H,14-15,17-19,21H2,(H,40,42)(H,43,44)/t31-/m0/s1. The summed E-state index contributed by atoms with van der Waals surface area (Å²) in [4.78, 5) is 31.8. The van der Waals surface area contributed by atoms with Gasteiger partial charge in [-0.1, -0.05) is 66.7 Å². The minimum absolute atomic E-state index is 0.0377. The number of piperidine rings is 1. The van der Waals surface area contributed by atoms with Crippen LogP contribution in [0.4, 0.5) is 13.2 Å². The number of carbonyl (C=O) groups excluding carboxylic acids is 1. The summed E-state index contributed by atoms with van der Waals surface area (Å²) < 4.78 is 42.3. The molecule has 1 fully saturated rings. The predicted octanol–water partition coefficient (Wildman–Crippen LogP) is 6.85. The molecule has 9 heteroatoms. The Kier molecular flexibility index (Phi) is 8.05. The van der Waals surface area contributed by atoms with Crippen LogP contribution in [0.15, 0.2) is 91.3 Å². The number of benzene rings is 4. The average Bonchev–Trinajstić information content (AvgIpc) is 3.01. The van der Waals surface area contributed by atoms with Crippen LogP contribution in [0.2, 0.25) is 0 Å². The van der Waals surface area contributed by atoms with E-state index in [1.807, 2.05) is 66.9 Å². The minimum Gasteiger partial charge on any atom is -0.480 e. The first-order valence-electron chi connectivity index (χ1n) is 14.5. The highest BCUT2D eigenvalue weighted by Crippen LogP contribution is 2.35. The smallest absolute Gasteiger partial charge is 0.326 e. The monoisotopic (exact) mass is 597 g/mol. The number of rotatable bonds is 8. The molecule has 44 heavy (non-hydrogen) atoms. The number of carbonyl (C=O) groups is 2. The number of likely N-dealkylation sites (tertiary alicyclic amines) is 1. The Labute approximate surface area is 252 Å². The maximum absolute atomic E-state index is 15.0. The fourth-order valence-corrected chi connectivity index (χ4v) is 6.02. The Morgan fingerprint density at radius 1 is 0.864 bits per heavy atom. The second kappa shape index (κ2) is 12.1. The normalized spacial score (nSPS) is 15.7. The highest BCUT2D eigenvalue weighted by Gasteiger charge is 2.34. The average molecular weight is 598 g/mol. The number of carboxylic acid groups (broad SMARTS) is 1. The first kappa shape index (κ1) is 29.3. The van der Waals surface area contributed by atoms with Crippen molar-refractivity contribution in [3.8, 4) is 11.1 Å². The maximum atomic E-state index is 15.0. The summed E-state index contributed by atoms with van der Waals surface area (Å²) in [5.74, 6) is -5.66. The molecule has 0 radical (unpaired) electrons. The second-order valence-corrected chi connectivity index (χ2v) is 11.2. The van der Waals surface area contributed by atoms with Crippen molar-refractivity contribution >= 4 is 33.4 Å². The molecule has 1 aromatic heterocycles. The van der Waals surface area contributed by atoms with Gasteiger partial charge in [0, 0.05) is 56.7 Å². The summed E-state index contributed by atoms with van der Waals surface area (Å²) in [5.41, 5.74) is 2.70. The van der Waals surface area contributed by atoms with Crippen LogP contribution < -0.4 is 5.32 Å². The van der Waals surface area contributed by atoms with Crippen molar-refractivity contribution in [1.82, 2.24) is 15.2 Å². The largest absolute Gasteiger partial charge is 0.480 e. The molecule has 2 heterocycles. The van der Waals surface area contributed by atoms with E-state index >= 15 is 4.39 Å². The van der Waals surface area contributed by atoms with Crippen LogP contribution in [0.1, 0.15) is 34.3 Å². The van der Waals surface area contributed by atoms with Gasteiger partial charge >= 0.3 is 5.97 Å². The number of fused-ring (bicyclic) bond motifs is 2. The van der Waals surface area contributed by atoms with Crippen LogP contribution in [0.5, 0.6) is 0 Å². The minimum atomic E-state index is -2.73. The molecule has 0 spiro atoms. The quantitative estimate of drug-likeness (QED) is 0.205. The number of alkyl halides is 2. The molecule has 224 valence electrons. The molecule has 1 aliphatic heterocycles. The Hall–Kier alpha value is -4.76. The topological polar surface area (TPSA) is 82.5 Å². The fourth-order valence-electron chi connectivity index (χ4n) is 6.02. The van der Waals surface area contributed by atoms with Gasteiger partial charge in [0.05, 0.1) is 5.56 Å². The highest BCUT2D eigenvalue weighted by atomic mass is 19.3. The predicted molar refractivity (Wildman–Crippen MR) is 163 cm³/mol. The van der Waals surface area contributed by atoms with Crippen molar-refractivity contribution in [2.45, 2.75) is 37.8 Å². The van der Waals surface area contributed by atoms with Crippen molar-refractivity contribution in [2.24, 2.45) is 0 Å². The molecular weight excluding hydrogens is 567 g/mol. The number of aromatic nitrogens is 1. The number of amides is 1. The SMILES string of the molecule is O=C(N[C@@H](Cc1cccc2c(-c3cccc4ccncc34)cccc12)C(=O)O)c1c(F)cccc1CN1CCC(F)(F)CC1. The molecule has 2 N–H and O–H groups in total. The van der Waals surface area contributed by atoms with Gasteiger partial charge in [-0.15, -0.1) is 0 Å². The summed E-state index contributed by atoms with van der Waals surface area (Å²) in [7, 11) is 0. The number of hydrogen-bond acceptors (Lipinski definition) is 4. The van der Waals surface area contributed by atoms with Crippen LogP contribution in [-0.4, -0.2) is 51.9 Å². The summed E-state index contributed by atoms with van der Waals surface area (Å²) >= 11 is 0. The summed E-state index contributed by atoms with van der Waals surface area (Å²) in [6, 6.07) is 22.2. The van der Waals surface area contributed by atoms with E-state index in [1.54, 1.807) is 17.2 Å². The molecule has 6 nitrogen and oxygen atoms in total. The number of pyridine rings is 1. The van der Waals surface area contributed by atoms with Gasteiger partial charge < -0.3 is 10.4 Å². The zero-order valence-corrected chi connectivity index (χ0v) is 23.8. The summed E-state index contributed by atoms with van der Waals surface area (Å²) in [6.45, 7) is 0.325. The van der Waals surface area contributed by atoms with Gasteiger partial charge in [0.2, 0.25) is 0 Å². The Morgan fingerprint density at radius 3 is 2.30 bits per heavy atom. The van der Waals surface area contributed by atoms with Crippen LogP contribution in [-0.2, 0) is 17.8 Å². The van der Waals surface area contributed by atoms with Gasteiger partial charge in [-0.25, -0.2) is 18.0 Å². The lowest BCUT2D eigenvalue weighted by molar-refractivity contribution is -0.139. The number of halogens is 3. The van der Waals surface area contributed by atoms with Crippen LogP contribution in [0, 0.1) is 5.82 Å². The van der Waals surface area contributed by atoms with E-state index in [1.165, 1.54) is 6.07 Å². The van der Waals surface area contributed by atoms with Gasteiger partial charge in [-0.3, -0.25) is 14.7 Å². The lowest BCUT2D eigenvalue weighted by atomic mass is 9.91. The van der Waals surface area contributed by atoms with E-state index in [4.69, 9.17) is 0 Å². The third-order valence-corrected chi connectivity index (χ3v) is 8.32. The van der Waals surface area contributed by atoms with Crippen molar-refractivity contribution < 1.29 is 27.9 Å². The molecule has 0 aliphatic carbocycles. The summed E-state index contributed by atoms with van der Waals surface area (Å²) in [5, 5.41) is 16.4. The Morgan fingerprint density at radius 2 is 1.52 bits per heavy atom. The highest BCUT2D eigenvalue weighted by molar-refractivity contribution is 6.06. The van der Waals surface area contributed by atoms with E-state index in [0.717, 1.165) is 38.7 Å². The van der Waals surface area contributed by atoms with Crippen molar-refractivity contribution in [1.29, 1.82) is 0 Å². The molecule has 1 saturated heterocycles. The molecule has 0 unspecified atom stereocenters. The van der Waals surface area contributed by atoms with Crippen molar-refractivity contribution in [3.05, 3.63) is 114 Å². The van der Waals surface area contributed by atoms with Crippen molar-refractivity contribution in [2.75, 3.05) is 13.1 Å². The van der Waals surface area contributed by atoms with Gasteiger partial charge in [-0.05, 0) is 50.5 Å². The zero-order chi connectivity index (χ0) is 30.8. The third kappa shape index (κ3) is 6.01. The lowest BCUT2D eigenvalue weighted by Gasteiger charge is -2.32. The molecule has 0 saturated carbocycles. The third-order valence-electron chi connectivity index (χ3n) is 8.32.